The molecule has 78 valence electrons. The maximum Gasteiger partial charge on any atom is 0.419 e. The second kappa shape index (κ2) is 4.13. The molecule has 0 aliphatic rings. The molecule has 0 aliphatic carbocycles. The van der Waals surface area contributed by atoms with Crippen LogP contribution in [0.5, 0.6) is 5.75 Å². The molecule has 0 N–H and O–H groups in total. The first-order valence-corrected chi connectivity index (χ1v) is 4.47. The summed E-state index contributed by atoms with van der Waals surface area (Å²) >= 11 is 3.91. The molecule has 0 heterocycles. The highest BCUT2D eigenvalue weighted by Gasteiger charge is 2.34. The molecule has 0 spiro atoms. The highest BCUT2D eigenvalue weighted by molar-refractivity contribution is 7.79. The summed E-state index contributed by atoms with van der Waals surface area (Å²) in [6.45, 7) is 0. The smallest absolute Gasteiger partial charge is 0.419 e. The lowest BCUT2D eigenvalue weighted by atomic mass is 10.1. The summed E-state index contributed by atoms with van der Waals surface area (Å²) in [5.41, 5.74) is -0.243. The summed E-state index contributed by atoms with van der Waals surface area (Å²) in [4.78, 5) is 0. The molecular formula is C9H9F3OS. The van der Waals surface area contributed by atoms with Crippen molar-refractivity contribution < 1.29 is 17.9 Å². The fourth-order valence-electron chi connectivity index (χ4n) is 1.08. The highest BCUT2D eigenvalue weighted by Crippen LogP contribution is 2.36. The van der Waals surface area contributed by atoms with Crippen molar-refractivity contribution >= 4 is 12.6 Å². The summed E-state index contributed by atoms with van der Waals surface area (Å²) in [7, 11) is 1.21. The number of alkyl halides is 3. The molecule has 1 rings (SSSR count). The van der Waals surface area contributed by atoms with Crippen LogP contribution in [0.2, 0.25) is 0 Å². The van der Waals surface area contributed by atoms with Crippen LogP contribution in [-0.4, -0.2) is 7.11 Å². The number of halogens is 3. The summed E-state index contributed by atoms with van der Waals surface area (Å²) in [6, 6.07) is 3.90. The van der Waals surface area contributed by atoms with Gasteiger partial charge in [-0.2, -0.15) is 25.8 Å². The zero-order valence-corrected chi connectivity index (χ0v) is 8.32. The van der Waals surface area contributed by atoms with Gasteiger partial charge in [0.1, 0.15) is 5.75 Å². The third-order valence-electron chi connectivity index (χ3n) is 1.75. The first-order chi connectivity index (χ1) is 6.49. The van der Waals surface area contributed by atoms with Gasteiger partial charge in [-0.15, -0.1) is 0 Å². The molecule has 0 aromatic heterocycles. The zero-order chi connectivity index (χ0) is 10.8. The normalized spacial score (nSPS) is 11.5. The quantitative estimate of drug-likeness (QED) is 0.756. The summed E-state index contributed by atoms with van der Waals surface area (Å²) in [6.07, 6.45) is -4.38. The minimum Gasteiger partial charge on any atom is -0.496 e. The molecule has 0 amide bonds. The van der Waals surface area contributed by atoms with E-state index in [-0.39, 0.29) is 11.5 Å². The van der Waals surface area contributed by atoms with Crippen LogP contribution < -0.4 is 4.74 Å². The van der Waals surface area contributed by atoms with Gasteiger partial charge in [0.25, 0.3) is 0 Å². The molecule has 0 aliphatic heterocycles. The molecule has 0 atom stereocenters. The second-order valence-corrected chi connectivity index (χ2v) is 3.01. The molecule has 0 radical (unpaired) electrons. The molecule has 0 saturated carbocycles. The van der Waals surface area contributed by atoms with Gasteiger partial charge in [0.2, 0.25) is 0 Å². The molecule has 1 aromatic carbocycles. The molecule has 1 aromatic rings. The van der Waals surface area contributed by atoms with Crippen molar-refractivity contribution in [2.24, 2.45) is 0 Å². The van der Waals surface area contributed by atoms with Crippen molar-refractivity contribution in [1.29, 1.82) is 0 Å². The minimum atomic E-state index is -4.38. The van der Waals surface area contributed by atoms with E-state index in [1.54, 1.807) is 6.07 Å². The standard InChI is InChI=1S/C9H9F3OS/c1-13-8-3-2-6(5-14)4-7(8)9(10,11)12/h2-4,14H,5H2,1H3. The van der Waals surface area contributed by atoms with Gasteiger partial charge in [0.15, 0.2) is 0 Å². The third-order valence-corrected chi connectivity index (χ3v) is 2.12. The lowest BCUT2D eigenvalue weighted by Crippen LogP contribution is -2.07. The molecule has 0 bridgehead atoms. The van der Waals surface area contributed by atoms with Crippen molar-refractivity contribution in [3.8, 4) is 5.75 Å². The Morgan fingerprint density at radius 1 is 1.36 bits per heavy atom. The lowest BCUT2D eigenvalue weighted by molar-refractivity contribution is -0.138. The second-order valence-electron chi connectivity index (χ2n) is 2.69. The molecule has 0 unspecified atom stereocenters. The average Bonchev–Trinajstić information content (AvgIpc) is 2.15. The van der Waals surface area contributed by atoms with Gasteiger partial charge in [0, 0.05) is 5.75 Å². The van der Waals surface area contributed by atoms with Crippen LogP contribution in [0.15, 0.2) is 18.2 Å². The van der Waals surface area contributed by atoms with E-state index in [4.69, 9.17) is 0 Å². The Bertz CT molecular complexity index is 322. The maximum atomic E-state index is 12.4. The van der Waals surface area contributed by atoms with Crippen molar-refractivity contribution in [3.05, 3.63) is 29.3 Å². The van der Waals surface area contributed by atoms with Crippen molar-refractivity contribution in [2.75, 3.05) is 7.11 Å². The number of ether oxygens (including phenoxy) is 1. The van der Waals surface area contributed by atoms with Crippen LogP contribution >= 0.6 is 12.6 Å². The van der Waals surface area contributed by atoms with Crippen LogP contribution in [0.4, 0.5) is 13.2 Å². The van der Waals surface area contributed by atoms with E-state index in [0.29, 0.717) is 5.56 Å². The first-order valence-electron chi connectivity index (χ1n) is 3.84. The summed E-state index contributed by atoms with van der Waals surface area (Å²) in [5, 5.41) is 0. The van der Waals surface area contributed by atoms with Gasteiger partial charge in [-0.3, -0.25) is 0 Å². The van der Waals surface area contributed by atoms with E-state index in [2.05, 4.69) is 17.4 Å². The van der Waals surface area contributed by atoms with E-state index >= 15 is 0 Å². The average molecular weight is 222 g/mol. The Morgan fingerprint density at radius 2 is 2.00 bits per heavy atom. The number of benzene rings is 1. The highest BCUT2D eigenvalue weighted by atomic mass is 32.1. The maximum absolute atomic E-state index is 12.4. The van der Waals surface area contributed by atoms with Gasteiger partial charge in [-0.05, 0) is 17.7 Å². The van der Waals surface area contributed by atoms with Gasteiger partial charge in [-0.1, -0.05) is 6.07 Å². The predicted octanol–water partition coefficient (Wildman–Crippen LogP) is 3.14. The number of rotatable bonds is 2. The Hall–Kier alpha value is -0.840. The number of hydrogen-bond donors (Lipinski definition) is 1. The molecular weight excluding hydrogens is 213 g/mol. The van der Waals surface area contributed by atoms with Crippen LogP contribution in [0.3, 0.4) is 0 Å². The first kappa shape index (κ1) is 11.2. The van der Waals surface area contributed by atoms with Crippen LogP contribution in [0.25, 0.3) is 0 Å². The molecule has 14 heavy (non-hydrogen) atoms. The fourth-order valence-corrected chi connectivity index (χ4v) is 1.27. The van der Waals surface area contributed by atoms with Crippen LogP contribution in [0, 0.1) is 0 Å². The van der Waals surface area contributed by atoms with E-state index in [1.807, 2.05) is 0 Å². The molecule has 5 heteroatoms. The molecule has 0 fully saturated rings. The monoisotopic (exact) mass is 222 g/mol. The Balaban J connectivity index is 3.22. The molecule has 0 saturated heterocycles. The van der Waals surface area contributed by atoms with Gasteiger partial charge in [-0.25, -0.2) is 0 Å². The van der Waals surface area contributed by atoms with E-state index in [9.17, 15) is 13.2 Å². The van der Waals surface area contributed by atoms with Crippen LogP contribution in [-0.2, 0) is 11.9 Å². The summed E-state index contributed by atoms with van der Waals surface area (Å²) in [5.74, 6) is 0.107. The van der Waals surface area contributed by atoms with Gasteiger partial charge < -0.3 is 4.74 Å². The topological polar surface area (TPSA) is 9.23 Å². The number of thiol groups is 1. The predicted molar refractivity (Wildman–Crippen MR) is 50.7 cm³/mol. The Labute approximate surface area is 85.3 Å². The Morgan fingerprint density at radius 3 is 2.43 bits per heavy atom. The minimum absolute atomic E-state index is 0.164. The lowest BCUT2D eigenvalue weighted by Gasteiger charge is -2.12. The molecule has 1 nitrogen and oxygen atoms in total. The number of methoxy groups -OCH3 is 1. The van der Waals surface area contributed by atoms with Gasteiger partial charge >= 0.3 is 6.18 Å². The largest absolute Gasteiger partial charge is 0.496 e. The third kappa shape index (κ3) is 2.35. The summed E-state index contributed by atoms with van der Waals surface area (Å²) < 4.78 is 42.0. The number of hydrogen-bond acceptors (Lipinski definition) is 2. The Kier molecular flexibility index (Phi) is 3.31. The van der Waals surface area contributed by atoms with Crippen molar-refractivity contribution in [3.63, 3.8) is 0 Å². The van der Waals surface area contributed by atoms with Crippen molar-refractivity contribution in [2.45, 2.75) is 11.9 Å². The van der Waals surface area contributed by atoms with E-state index < -0.39 is 11.7 Å². The SMILES string of the molecule is COc1ccc(CS)cc1C(F)(F)F. The van der Waals surface area contributed by atoms with Crippen LogP contribution in [0.1, 0.15) is 11.1 Å². The van der Waals surface area contributed by atoms with Crippen molar-refractivity contribution in [1.82, 2.24) is 0 Å². The van der Waals surface area contributed by atoms with Gasteiger partial charge in [0.05, 0.1) is 12.7 Å². The zero-order valence-electron chi connectivity index (χ0n) is 7.43. The fraction of sp³-hybridized carbons (Fsp3) is 0.333. The van der Waals surface area contributed by atoms with E-state index in [0.717, 1.165) is 6.07 Å². The van der Waals surface area contributed by atoms with E-state index in [1.165, 1.54) is 13.2 Å².